The Morgan fingerprint density at radius 1 is 1.04 bits per heavy atom. The van der Waals surface area contributed by atoms with Crippen molar-refractivity contribution in [2.75, 3.05) is 13.1 Å². The summed E-state index contributed by atoms with van der Waals surface area (Å²) in [6.07, 6.45) is -0.693. The third kappa shape index (κ3) is 3.95. The van der Waals surface area contributed by atoms with Crippen molar-refractivity contribution >= 4 is 11.7 Å². The summed E-state index contributed by atoms with van der Waals surface area (Å²) >= 11 is 0. The van der Waals surface area contributed by atoms with Gasteiger partial charge in [0.2, 0.25) is 0 Å². The predicted octanol–water partition coefficient (Wildman–Crippen LogP) is 4.09. The number of amides is 1. The number of carbonyl (C=O) groups is 2. The van der Waals surface area contributed by atoms with Crippen LogP contribution in [0.5, 0.6) is 0 Å². The Morgan fingerprint density at radius 3 is 2.29 bits per heavy atom. The van der Waals surface area contributed by atoms with E-state index in [0.29, 0.717) is 24.5 Å². The molecule has 0 spiro atoms. The molecule has 1 aliphatic heterocycles. The summed E-state index contributed by atoms with van der Waals surface area (Å²) in [4.78, 5) is 27.1. The number of aryl methyl sites for hydroxylation is 1. The Balaban J connectivity index is 1.94. The van der Waals surface area contributed by atoms with E-state index in [1.807, 2.05) is 0 Å². The van der Waals surface area contributed by atoms with E-state index >= 15 is 0 Å². The Morgan fingerprint density at radius 2 is 1.68 bits per heavy atom. The van der Waals surface area contributed by atoms with Crippen LogP contribution in [0.3, 0.4) is 0 Å². The molecular weight excluding hydrogens is 371 g/mol. The van der Waals surface area contributed by atoms with Gasteiger partial charge in [-0.3, -0.25) is 9.59 Å². The summed E-state index contributed by atoms with van der Waals surface area (Å²) in [6.45, 7) is 4.26. The van der Waals surface area contributed by atoms with Crippen molar-refractivity contribution in [3.05, 3.63) is 46.8 Å². The highest BCUT2D eigenvalue weighted by atomic mass is 19.4. The summed E-state index contributed by atoms with van der Waals surface area (Å²) in [5, 5.41) is 4.23. The number of carbonyl (C=O) groups excluding carboxylic acids is 2. The predicted molar refractivity (Wildman–Crippen MR) is 97.4 cm³/mol. The smallest absolute Gasteiger partial charge is 0.336 e. The number of rotatable bonds is 3. The zero-order valence-corrected chi connectivity index (χ0v) is 15.8. The van der Waals surface area contributed by atoms with E-state index in [4.69, 9.17) is 0 Å². The van der Waals surface area contributed by atoms with Crippen molar-refractivity contribution in [2.24, 2.45) is 0 Å². The number of nitrogens with zero attached hydrogens (tertiary/aromatic N) is 3. The number of halogens is 3. The Labute approximate surface area is 161 Å². The van der Waals surface area contributed by atoms with Crippen LogP contribution in [0.1, 0.15) is 53.0 Å². The molecule has 0 aliphatic carbocycles. The molecule has 28 heavy (non-hydrogen) atoms. The molecule has 1 aromatic heterocycles. The van der Waals surface area contributed by atoms with Gasteiger partial charge >= 0.3 is 6.18 Å². The number of Topliss-reactive ketones (excluding diaryl/α,β-unsaturated/α-hetero) is 1. The Hall–Kier alpha value is -2.64. The lowest BCUT2D eigenvalue weighted by Crippen LogP contribution is -2.37. The van der Waals surface area contributed by atoms with Crippen LogP contribution in [0.2, 0.25) is 0 Å². The quantitative estimate of drug-likeness (QED) is 0.583. The van der Waals surface area contributed by atoms with Crippen molar-refractivity contribution in [2.45, 2.75) is 45.7 Å². The van der Waals surface area contributed by atoms with Crippen LogP contribution >= 0.6 is 0 Å². The monoisotopic (exact) mass is 393 g/mol. The van der Waals surface area contributed by atoms with Gasteiger partial charge in [-0.15, -0.1) is 0 Å². The molecule has 1 aromatic carbocycles. The molecule has 1 amide bonds. The zero-order valence-electron chi connectivity index (χ0n) is 15.8. The average Bonchev–Trinajstić information content (AvgIpc) is 2.83. The van der Waals surface area contributed by atoms with Gasteiger partial charge < -0.3 is 4.90 Å². The summed E-state index contributed by atoms with van der Waals surface area (Å²) in [7, 11) is 0. The van der Waals surface area contributed by atoms with Crippen molar-refractivity contribution < 1.29 is 22.8 Å². The first-order valence-electron chi connectivity index (χ1n) is 9.27. The SMILES string of the molecule is Cc1nn(-c2cccc(C(F)(F)F)c2)c(C)c1C(=O)C(=O)N1CCCCCC1. The molecule has 2 heterocycles. The molecule has 1 fully saturated rings. The van der Waals surface area contributed by atoms with Gasteiger partial charge in [-0.05, 0) is 44.9 Å². The fraction of sp³-hybridized carbons (Fsp3) is 0.450. The molecule has 150 valence electrons. The number of hydrogen-bond acceptors (Lipinski definition) is 3. The van der Waals surface area contributed by atoms with Crippen LogP contribution < -0.4 is 0 Å². The maximum atomic E-state index is 13.0. The van der Waals surface area contributed by atoms with Crippen molar-refractivity contribution in [1.82, 2.24) is 14.7 Å². The van der Waals surface area contributed by atoms with Gasteiger partial charge in [-0.25, -0.2) is 4.68 Å². The topological polar surface area (TPSA) is 55.2 Å². The largest absolute Gasteiger partial charge is 0.416 e. The minimum Gasteiger partial charge on any atom is -0.336 e. The fourth-order valence-corrected chi connectivity index (χ4v) is 3.56. The van der Waals surface area contributed by atoms with Crippen molar-refractivity contribution in [3.8, 4) is 5.69 Å². The van der Waals surface area contributed by atoms with Gasteiger partial charge in [0.1, 0.15) is 0 Å². The van der Waals surface area contributed by atoms with Gasteiger partial charge in [0, 0.05) is 13.1 Å². The number of hydrogen-bond donors (Lipinski definition) is 0. The molecule has 0 N–H and O–H groups in total. The molecule has 0 atom stereocenters. The second-order valence-corrected chi connectivity index (χ2v) is 7.04. The van der Waals surface area contributed by atoms with E-state index in [0.717, 1.165) is 37.8 Å². The first-order chi connectivity index (χ1) is 13.2. The van der Waals surface area contributed by atoms with Gasteiger partial charge in [0.25, 0.3) is 11.7 Å². The van der Waals surface area contributed by atoms with Crippen LogP contribution in [-0.4, -0.2) is 39.5 Å². The third-order valence-corrected chi connectivity index (χ3v) is 5.02. The van der Waals surface area contributed by atoms with Gasteiger partial charge in [0.15, 0.2) is 0 Å². The molecule has 0 unspecified atom stereocenters. The van der Waals surface area contributed by atoms with Gasteiger partial charge in [0.05, 0.1) is 28.2 Å². The second-order valence-electron chi connectivity index (χ2n) is 7.04. The first kappa shape index (κ1) is 20.1. The summed E-state index contributed by atoms with van der Waals surface area (Å²) in [5.74, 6) is -1.23. The standard InChI is InChI=1S/C20H22F3N3O2/c1-13-17(18(27)19(28)25-10-5-3-4-6-11-25)14(2)26(24-13)16-9-7-8-15(12-16)20(21,22)23/h7-9,12H,3-6,10-11H2,1-2H3. The number of likely N-dealkylation sites (tertiary alicyclic amines) is 1. The number of benzene rings is 1. The summed E-state index contributed by atoms with van der Waals surface area (Å²) in [6, 6.07) is 4.73. The number of ketones is 1. The maximum absolute atomic E-state index is 13.0. The molecule has 1 saturated heterocycles. The molecular formula is C20H22F3N3O2. The lowest BCUT2D eigenvalue weighted by atomic mass is 10.1. The molecule has 1 aliphatic rings. The van der Waals surface area contributed by atoms with Gasteiger partial charge in [-0.1, -0.05) is 18.9 Å². The highest BCUT2D eigenvalue weighted by molar-refractivity contribution is 6.43. The number of alkyl halides is 3. The Kier molecular flexibility index (Phi) is 5.58. The fourth-order valence-electron chi connectivity index (χ4n) is 3.56. The van der Waals surface area contributed by atoms with Crippen LogP contribution in [0.15, 0.2) is 24.3 Å². The second kappa shape index (κ2) is 7.77. The maximum Gasteiger partial charge on any atom is 0.416 e. The van der Waals surface area contributed by atoms with Gasteiger partial charge in [-0.2, -0.15) is 18.3 Å². The molecule has 0 saturated carbocycles. The zero-order chi connectivity index (χ0) is 20.5. The minimum absolute atomic E-state index is 0.159. The van der Waals surface area contributed by atoms with E-state index in [1.54, 1.807) is 18.7 Å². The molecule has 2 aromatic rings. The number of aromatic nitrogens is 2. The van der Waals surface area contributed by atoms with Crippen LogP contribution in [0, 0.1) is 13.8 Å². The van der Waals surface area contributed by atoms with E-state index in [2.05, 4.69) is 5.10 Å². The lowest BCUT2D eigenvalue weighted by Gasteiger charge is -2.19. The third-order valence-electron chi connectivity index (χ3n) is 5.02. The minimum atomic E-state index is -4.48. The first-order valence-corrected chi connectivity index (χ1v) is 9.27. The van der Waals surface area contributed by atoms with Crippen molar-refractivity contribution in [3.63, 3.8) is 0 Å². The van der Waals surface area contributed by atoms with E-state index in [9.17, 15) is 22.8 Å². The summed E-state index contributed by atoms with van der Waals surface area (Å²) in [5.41, 5.74) is 0.225. The van der Waals surface area contributed by atoms with E-state index in [-0.39, 0.29) is 11.3 Å². The highest BCUT2D eigenvalue weighted by Gasteiger charge is 2.32. The normalized spacial score (nSPS) is 15.4. The highest BCUT2D eigenvalue weighted by Crippen LogP contribution is 2.31. The van der Waals surface area contributed by atoms with Crippen LogP contribution in [-0.2, 0) is 11.0 Å². The van der Waals surface area contributed by atoms with E-state index in [1.165, 1.54) is 16.8 Å². The summed E-state index contributed by atoms with van der Waals surface area (Å²) < 4.78 is 40.3. The average molecular weight is 393 g/mol. The van der Waals surface area contributed by atoms with E-state index < -0.39 is 23.4 Å². The lowest BCUT2D eigenvalue weighted by molar-refractivity contribution is -0.137. The van der Waals surface area contributed by atoms with Crippen molar-refractivity contribution in [1.29, 1.82) is 0 Å². The molecule has 0 bridgehead atoms. The van der Waals surface area contributed by atoms with Crippen LogP contribution in [0.4, 0.5) is 13.2 Å². The Bertz CT molecular complexity index is 895. The molecule has 5 nitrogen and oxygen atoms in total. The van der Waals surface area contributed by atoms with Crippen LogP contribution in [0.25, 0.3) is 5.69 Å². The molecule has 0 radical (unpaired) electrons. The molecule has 3 rings (SSSR count). The molecule has 8 heteroatoms.